The molecular formula is C18H13F3N2O3. The fourth-order valence-electron chi connectivity index (χ4n) is 2.25. The van der Waals surface area contributed by atoms with Crippen LogP contribution in [0.2, 0.25) is 0 Å². The third kappa shape index (κ3) is 3.69. The van der Waals surface area contributed by atoms with Gasteiger partial charge in [-0.3, -0.25) is 4.79 Å². The van der Waals surface area contributed by atoms with Crippen molar-refractivity contribution in [3.8, 4) is 17.2 Å². The molecule has 26 heavy (non-hydrogen) atoms. The van der Waals surface area contributed by atoms with E-state index in [0.717, 1.165) is 18.4 Å². The van der Waals surface area contributed by atoms with E-state index in [4.69, 9.17) is 9.15 Å². The predicted octanol–water partition coefficient (Wildman–Crippen LogP) is 4.62. The molecule has 2 aromatic carbocycles. The molecule has 0 unspecified atom stereocenters. The summed E-state index contributed by atoms with van der Waals surface area (Å²) in [5, 5.41) is 2.64. The van der Waals surface area contributed by atoms with Gasteiger partial charge in [-0.1, -0.05) is 12.1 Å². The Kier molecular flexibility index (Phi) is 4.66. The first kappa shape index (κ1) is 17.5. The van der Waals surface area contributed by atoms with Gasteiger partial charge >= 0.3 is 6.18 Å². The van der Waals surface area contributed by atoms with Crippen molar-refractivity contribution in [3.05, 3.63) is 66.1 Å². The molecular weight excluding hydrogens is 349 g/mol. The topological polar surface area (TPSA) is 64.4 Å². The molecule has 0 spiro atoms. The van der Waals surface area contributed by atoms with Gasteiger partial charge in [-0.15, -0.1) is 0 Å². The second-order valence-electron chi connectivity index (χ2n) is 5.27. The highest BCUT2D eigenvalue weighted by molar-refractivity contribution is 6.03. The molecule has 0 aliphatic rings. The van der Waals surface area contributed by atoms with Gasteiger partial charge in [-0.05, 0) is 36.4 Å². The number of nitrogens with one attached hydrogen (secondary N) is 1. The number of rotatable bonds is 4. The number of aromatic nitrogens is 1. The predicted molar refractivity (Wildman–Crippen MR) is 87.9 cm³/mol. The molecule has 0 aliphatic heterocycles. The summed E-state index contributed by atoms with van der Waals surface area (Å²) in [7, 11) is 1.48. The first-order valence-corrected chi connectivity index (χ1v) is 7.46. The van der Waals surface area contributed by atoms with Gasteiger partial charge in [0.25, 0.3) is 5.91 Å². The maximum absolute atomic E-state index is 12.6. The van der Waals surface area contributed by atoms with Crippen LogP contribution < -0.4 is 10.1 Å². The van der Waals surface area contributed by atoms with Gasteiger partial charge in [0.15, 0.2) is 5.69 Å². The summed E-state index contributed by atoms with van der Waals surface area (Å²) in [6, 6.07) is 11.1. The molecule has 0 radical (unpaired) electrons. The molecule has 3 aromatic rings. The van der Waals surface area contributed by atoms with Crippen molar-refractivity contribution in [2.75, 3.05) is 12.4 Å². The Balaban J connectivity index is 1.78. The molecule has 0 aliphatic carbocycles. The fourth-order valence-corrected chi connectivity index (χ4v) is 2.25. The Bertz CT molecular complexity index is 918. The van der Waals surface area contributed by atoms with Crippen molar-refractivity contribution in [1.29, 1.82) is 0 Å². The van der Waals surface area contributed by atoms with Gasteiger partial charge in [-0.2, -0.15) is 13.2 Å². The number of carbonyl (C=O) groups excluding carboxylic acids is 1. The van der Waals surface area contributed by atoms with Gasteiger partial charge in [0.1, 0.15) is 12.0 Å². The first-order chi connectivity index (χ1) is 12.4. The number of nitrogens with zero attached hydrogens (tertiary/aromatic N) is 1. The third-order valence-electron chi connectivity index (χ3n) is 3.55. The molecule has 0 fully saturated rings. The maximum atomic E-state index is 12.6. The van der Waals surface area contributed by atoms with Gasteiger partial charge in [-0.25, -0.2) is 4.98 Å². The molecule has 1 heterocycles. The van der Waals surface area contributed by atoms with Crippen LogP contribution >= 0.6 is 0 Å². The van der Waals surface area contributed by atoms with Crippen molar-refractivity contribution in [2.24, 2.45) is 0 Å². The quantitative estimate of drug-likeness (QED) is 0.735. The van der Waals surface area contributed by atoms with Gasteiger partial charge in [0.2, 0.25) is 5.89 Å². The van der Waals surface area contributed by atoms with Crippen LogP contribution in [0.1, 0.15) is 16.1 Å². The largest absolute Gasteiger partial charge is 0.495 e. The molecule has 0 saturated carbocycles. The summed E-state index contributed by atoms with van der Waals surface area (Å²) in [5.74, 6) is -0.00683. The fraction of sp³-hybridized carbons (Fsp3) is 0.111. The van der Waals surface area contributed by atoms with Crippen LogP contribution in [0.3, 0.4) is 0 Å². The molecule has 1 aromatic heterocycles. The maximum Gasteiger partial charge on any atom is 0.416 e. The van der Waals surface area contributed by atoms with Crippen LogP contribution in [-0.4, -0.2) is 18.0 Å². The molecule has 8 heteroatoms. The van der Waals surface area contributed by atoms with Gasteiger partial charge in [0, 0.05) is 5.56 Å². The molecule has 0 atom stereocenters. The Hall–Kier alpha value is -3.29. The van der Waals surface area contributed by atoms with Crippen LogP contribution in [0.4, 0.5) is 18.9 Å². The van der Waals surface area contributed by atoms with Crippen LogP contribution in [-0.2, 0) is 6.18 Å². The SMILES string of the molecule is COc1ccccc1NC(=O)c1coc(-c2ccc(C(F)(F)F)cc2)n1. The molecule has 1 N–H and O–H groups in total. The highest BCUT2D eigenvalue weighted by atomic mass is 19.4. The lowest BCUT2D eigenvalue weighted by molar-refractivity contribution is -0.137. The number of ether oxygens (including phenoxy) is 1. The average molecular weight is 362 g/mol. The molecule has 134 valence electrons. The van der Waals surface area contributed by atoms with E-state index in [-0.39, 0.29) is 11.6 Å². The minimum Gasteiger partial charge on any atom is -0.495 e. The lowest BCUT2D eigenvalue weighted by Gasteiger charge is -2.08. The van der Waals surface area contributed by atoms with Gasteiger partial charge < -0.3 is 14.5 Å². The third-order valence-corrected chi connectivity index (χ3v) is 3.55. The summed E-state index contributed by atoms with van der Waals surface area (Å²) in [6.07, 6.45) is -3.29. The Labute approximate surface area is 146 Å². The van der Waals surface area contributed by atoms with Gasteiger partial charge in [0.05, 0.1) is 18.4 Å². The number of carbonyl (C=O) groups is 1. The lowest BCUT2D eigenvalue weighted by Crippen LogP contribution is -2.13. The van der Waals surface area contributed by atoms with Crippen molar-refractivity contribution in [2.45, 2.75) is 6.18 Å². The molecule has 1 amide bonds. The zero-order valence-electron chi connectivity index (χ0n) is 13.5. The minimum absolute atomic E-state index is 0.00851. The highest BCUT2D eigenvalue weighted by Gasteiger charge is 2.30. The summed E-state index contributed by atoms with van der Waals surface area (Å²) in [4.78, 5) is 16.3. The number of methoxy groups -OCH3 is 1. The monoisotopic (exact) mass is 362 g/mol. The van der Waals surface area contributed by atoms with Crippen molar-refractivity contribution in [1.82, 2.24) is 4.98 Å². The molecule has 0 bridgehead atoms. The summed E-state index contributed by atoms with van der Waals surface area (Å²) in [5.41, 5.74) is 0.00108. The lowest BCUT2D eigenvalue weighted by atomic mass is 10.1. The number of halogens is 3. The summed E-state index contributed by atoms with van der Waals surface area (Å²) < 4.78 is 48.1. The van der Waals surface area contributed by atoms with E-state index in [9.17, 15) is 18.0 Å². The number of oxazole rings is 1. The number of hydrogen-bond donors (Lipinski definition) is 1. The number of benzene rings is 2. The smallest absolute Gasteiger partial charge is 0.416 e. The number of anilines is 1. The summed E-state index contributed by atoms with van der Waals surface area (Å²) in [6.45, 7) is 0. The summed E-state index contributed by atoms with van der Waals surface area (Å²) >= 11 is 0. The number of para-hydroxylation sites is 2. The normalized spacial score (nSPS) is 11.2. The van der Waals surface area contributed by atoms with Crippen molar-refractivity contribution >= 4 is 11.6 Å². The van der Waals surface area contributed by atoms with E-state index in [1.807, 2.05) is 0 Å². The minimum atomic E-state index is -4.42. The second-order valence-corrected chi connectivity index (χ2v) is 5.27. The van der Waals surface area contributed by atoms with E-state index in [1.165, 1.54) is 19.2 Å². The Morgan fingerprint density at radius 3 is 2.46 bits per heavy atom. The van der Waals surface area contributed by atoms with E-state index in [0.29, 0.717) is 17.0 Å². The van der Waals surface area contributed by atoms with E-state index < -0.39 is 17.6 Å². The average Bonchev–Trinajstić information content (AvgIpc) is 3.12. The van der Waals surface area contributed by atoms with E-state index >= 15 is 0 Å². The van der Waals surface area contributed by atoms with E-state index in [1.54, 1.807) is 24.3 Å². The first-order valence-electron chi connectivity index (χ1n) is 7.46. The van der Waals surface area contributed by atoms with Crippen LogP contribution in [0.25, 0.3) is 11.5 Å². The highest BCUT2D eigenvalue weighted by Crippen LogP contribution is 2.31. The standard InChI is InChI=1S/C18H13F3N2O3/c1-25-15-5-3-2-4-13(15)22-16(24)14-10-26-17(23-14)11-6-8-12(9-7-11)18(19,20)21/h2-10H,1H3,(H,22,24). The van der Waals surface area contributed by atoms with Crippen molar-refractivity contribution < 1.29 is 27.1 Å². The van der Waals surface area contributed by atoms with Crippen LogP contribution in [0.5, 0.6) is 5.75 Å². The number of alkyl halides is 3. The van der Waals surface area contributed by atoms with E-state index in [2.05, 4.69) is 10.3 Å². The number of amides is 1. The Morgan fingerprint density at radius 1 is 1.12 bits per heavy atom. The zero-order valence-corrected chi connectivity index (χ0v) is 13.5. The zero-order chi connectivity index (χ0) is 18.7. The van der Waals surface area contributed by atoms with Crippen molar-refractivity contribution in [3.63, 3.8) is 0 Å². The molecule has 3 rings (SSSR count). The molecule has 0 saturated heterocycles. The van der Waals surface area contributed by atoms with Crippen LogP contribution in [0, 0.1) is 0 Å². The van der Waals surface area contributed by atoms with Crippen LogP contribution in [0.15, 0.2) is 59.2 Å². The second kappa shape index (κ2) is 6.91. The Morgan fingerprint density at radius 2 is 1.81 bits per heavy atom. The molecule has 5 nitrogen and oxygen atoms in total. The number of hydrogen-bond acceptors (Lipinski definition) is 4.